The fraction of sp³-hybridized carbons (Fsp3) is 0.941. The number of alkyl halides is 3. The summed E-state index contributed by atoms with van der Waals surface area (Å²) in [6, 6.07) is 0.284. The summed E-state index contributed by atoms with van der Waals surface area (Å²) < 4.78 is 61.2. The van der Waals surface area contributed by atoms with Crippen LogP contribution in [0.5, 0.6) is 0 Å². The Labute approximate surface area is 184 Å². The number of rotatable bonds is 9. The van der Waals surface area contributed by atoms with Crippen LogP contribution in [-0.2, 0) is 10.0 Å². The van der Waals surface area contributed by atoms with Crippen LogP contribution in [-0.4, -0.2) is 56.9 Å². The van der Waals surface area contributed by atoms with Gasteiger partial charge in [0.1, 0.15) is 0 Å². The molecule has 0 aromatic heterocycles. The van der Waals surface area contributed by atoms with Crippen molar-refractivity contribution in [1.29, 1.82) is 0 Å². The number of nitrogens with one attached hydrogen (secondary N) is 2. The van der Waals surface area contributed by atoms with Gasteiger partial charge in [0.15, 0.2) is 5.96 Å². The normalized spacial score (nSPS) is 18.4. The van der Waals surface area contributed by atoms with Gasteiger partial charge < -0.3 is 10.6 Å². The molecule has 0 aliphatic carbocycles. The molecule has 0 saturated carbocycles. The maximum atomic E-state index is 12.6. The van der Waals surface area contributed by atoms with Crippen molar-refractivity contribution in [3.8, 4) is 0 Å². The first-order chi connectivity index (χ1) is 12.6. The molecule has 1 atom stereocenters. The first kappa shape index (κ1) is 27.7. The summed E-state index contributed by atoms with van der Waals surface area (Å²) in [6.07, 6.45) is 6.65. The summed E-state index contributed by atoms with van der Waals surface area (Å²) in [6.45, 7) is 4.62. The van der Waals surface area contributed by atoms with Crippen LogP contribution in [0, 0.1) is 5.92 Å². The Kier molecular flexibility index (Phi) is 13.0. The largest absolute Gasteiger partial charge is 0.511 e. The van der Waals surface area contributed by atoms with E-state index in [1.165, 1.54) is 19.3 Å². The maximum absolute atomic E-state index is 12.6. The van der Waals surface area contributed by atoms with Gasteiger partial charge in [-0.05, 0) is 32.1 Å². The summed E-state index contributed by atoms with van der Waals surface area (Å²) >= 11 is 0. The quantitative estimate of drug-likeness (QED) is 0.202. The summed E-state index contributed by atoms with van der Waals surface area (Å²) in [5.74, 6) is 0.784. The van der Waals surface area contributed by atoms with Crippen molar-refractivity contribution in [3.63, 3.8) is 0 Å². The Balaban J connectivity index is 0.00000729. The molecule has 1 aliphatic heterocycles. The molecule has 2 N–H and O–H groups in total. The molecule has 1 heterocycles. The Morgan fingerprint density at radius 1 is 1.21 bits per heavy atom. The van der Waals surface area contributed by atoms with Crippen LogP contribution in [0.2, 0.25) is 0 Å². The number of aliphatic imine (C=N–C) groups is 1. The fourth-order valence-electron chi connectivity index (χ4n) is 3.12. The van der Waals surface area contributed by atoms with Crippen LogP contribution >= 0.6 is 24.0 Å². The number of hydrogen-bond acceptors (Lipinski definition) is 3. The second-order valence-electron chi connectivity index (χ2n) is 7.14. The lowest BCUT2D eigenvalue weighted by atomic mass is 9.98. The minimum Gasteiger partial charge on any atom is -0.356 e. The molecule has 1 unspecified atom stereocenters. The van der Waals surface area contributed by atoms with Crippen LogP contribution in [0.1, 0.15) is 58.8 Å². The second-order valence-corrected chi connectivity index (χ2v) is 9.07. The van der Waals surface area contributed by atoms with Gasteiger partial charge in [0, 0.05) is 32.7 Å². The van der Waals surface area contributed by atoms with Gasteiger partial charge in [-0.3, -0.25) is 4.99 Å². The third-order valence-electron chi connectivity index (χ3n) is 4.86. The lowest BCUT2D eigenvalue weighted by molar-refractivity contribution is -0.0496. The van der Waals surface area contributed by atoms with E-state index in [1.54, 1.807) is 7.05 Å². The van der Waals surface area contributed by atoms with Gasteiger partial charge in [-0.25, -0.2) is 8.42 Å². The Morgan fingerprint density at radius 2 is 1.82 bits per heavy atom. The van der Waals surface area contributed by atoms with Crippen LogP contribution in [0.4, 0.5) is 13.2 Å². The van der Waals surface area contributed by atoms with Crippen molar-refractivity contribution < 1.29 is 21.6 Å². The Bertz CT molecular complexity index is 565. The SMILES string of the molecule is CCCCCCC(C)NC(=NC)NCC1CCN(S(=O)(=O)C(F)(F)F)CC1.I. The molecular formula is C17H34F3IN4O2S. The lowest BCUT2D eigenvalue weighted by Crippen LogP contribution is -2.48. The predicted molar refractivity (Wildman–Crippen MR) is 117 cm³/mol. The van der Waals surface area contributed by atoms with Gasteiger partial charge in [0.05, 0.1) is 0 Å². The highest BCUT2D eigenvalue weighted by Crippen LogP contribution is 2.30. The van der Waals surface area contributed by atoms with Crippen LogP contribution < -0.4 is 10.6 Å². The summed E-state index contributed by atoms with van der Waals surface area (Å²) in [5, 5.41) is 6.52. The Morgan fingerprint density at radius 3 is 2.32 bits per heavy atom. The van der Waals surface area contributed by atoms with E-state index in [0.717, 1.165) is 12.8 Å². The second kappa shape index (κ2) is 13.1. The molecule has 0 aromatic carbocycles. The molecule has 11 heteroatoms. The molecule has 168 valence electrons. The van der Waals surface area contributed by atoms with E-state index in [-0.39, 0.29) is 49.0 Å². The van der Waals surface area contributed by atoms with Gasteiger partial charge in [-0.1, -0.05) is 32.6 Å². The monoisotopic (exact) mass is 542 g/mol. The van der Waals surface area contributed by atoms with E-state index in [4.69, 9.17) is 0 Å². The molecule has 6 nitrogen and oxygen atoms in total. The molecule has 0 amide bonds. The third kappa shape index (κ3) is 9.02. The molecule has 28 heavy (non-hydrogen) atoms. The average Bonchev–Trinajstić information content (AvgIpc) is 2.61. The molecule has 1 rings (SSSR count). The van der Waals surface area contributed by atoms with E-state index < -0.39 is 15.5 Å². The van der Waals surface area contributed by atoms with Crippen molar-refractivity contribution in [2.24, 2.45) is 10.9 Å². The standard InChI is InChI=1S/C17H33F3N4O2S.HI/c1-4-5-6-7-8-14(2)23-16(21-3)22-13-15-9-11-24(12-10-15)27(25,26)17(18,19)20;/h14-15H,4-13H2,1-3H3,(H2,21,22,23);1H. The van der Waals surface area contributed by atoms with Gasteiger partial charge in [0.25, 0.3) is 0 Å². The number of sulfonamides is 1. The zero-order valence-electron chi connectivity index (χ0n) is 16.9. The first-order valence-electron chi connectivity index (χ1n) is 9.65. The molecule has 0 spiro atoms. The average molecular weight is 542 g/mol. The van der Waals surface area contributed by atoms with Crippen molar-refractivity contribution in [3.05, 3.63) is 0 Å². The molecule has 1 aliphatic rings. The smallest absolute Gasteiger partial charge is 0.356 e. The van der Waals surface area contributed by atoms with Gasteiger partial charge in [-0.15, -0.1) is 24.0 Å². The highest BCUT2D eigenvalue weighted by Gasteiger charge is 2.50. The van der Waals surface area contributed by atoms with Gasteiger partial charge in [-0.2, -0.15) is 17.5 Å². The number of guanidine groups is 1. The zero-order chi connectivity index (χ0) is 20.5. The van der Waals surface area contributed by atoms with E-state index in [9.17, 15) is 21.6 Å². The number of piperidine rings is 1. The minimum absolute atomic E-state index is 0. The van der Waals surface area contributed by atoms with Crippen molar-refractivity contribution >= 4 is 40.0 Å². The number of halogens is 4. The van der Waals surface area contributed by atoms with Crippen molar-refractivity contribution in [1.82, 2.24) is 14.9 Å². The van der Waals surface area contributed by atoms with E-state index in [0.29, 0.717) is 29.7 Å². The molecule has 1 saturated heterocycles. The molecule has 0 radical (unpaired) electrons. The summed E-state index contributed by atoms with van der Waals surface area (Å²) in [5.41, 5.74) is -5.22. The number of hydrogen-bond donors (Lipinski definition) is 2. The van der Waals surface area contributed by atoms with Crippen molar-refractivity contribution in [2.75, 3.05) is 26.7 Å². The highest BCUT2D eigenvalue weighted by atomic mass is 127. The topological polar surface area (TPSA) is 73.8 Å². The third-order valence-corrected chi connectivity index (χ3v) is 6.49. The fourth-order valence-corrected chi connectivity index (χ4v) is 4.10. The highest BCUT2D eigenvalue weighted by molar-refractivity contribution is 14.0. The predicted octanol–water partition coefficient (Wildman–Crippen LogP) is 3.69. The summed E-state index contributed by atoms with van der Waals surface area (Å²) in [7, 11) is -3.53. The van der Waals surface area contributed by atoms with Gasteiger partial charge >= 0.3 is 15.5 Å². The van der Waals surface area contributed by atoms with Gasteiger partial charge in [0.2, 0.25) is 0 Å². The number of nitrogens with zero attached hydrogens (tertiary/aromatic N) is 2. The first-order valence-corrected chi connectivity index (χ1v) is 11.1. The van der Waals surface area contributed by atoms with Crippen LogP contribution in [0.15, 0.2) is 4.99 Å². The maximum Gasteiger partial charge on any atom is 0.511 e. The van der Waals surface area contributed by atoms with Crippen molar-refractivity contribution in [2.45, 2.75) is 70.3 Å². The van der Waals surface area contributed by atoms with Crippen LogP contribution in [0.25, 0.3) is 0 Å². The molecule has 0 bridgehead atoms. The van der Waals surface area contributed by atoms with E-state index in [1.807, 2.05) is 0 Å². The zero-order valence-corrected chi connectivity index (χ0v) is 20.0. The minimum atomic E-state index is -5.22. The summed E-state index contributed by atoms with van der Waals surface area (Å²) in [4.78, 5) is 4.18. The van der Waals surface area contributed by atoms with E-state index >= 15 is 0 Å². The molecule has 0 aromatic rings. The lowest BCUT2D eigenvalue weighted by Gasteiger charge is -2.32. The molecular weight excluding hydrogens is 508 g/mol. The van der Waals surface area contributed by atoms with E-state index in [2.05, 4.69) is 29.5 Å². The Hall–Kier alpha value is -0.300. The van der Waals surface area contributed by atoms with Crippen LogP contribution in [0.3, 0.4) is 0 Å². The number of unbranched alkanes of at least 4 members (excludes halogenated alkanes) is 3. The molecule has 1 fully saturated rings.